The summed E-state index contributed by atoms with van der Waals surface area (Å²) in [5, 5.41) is 20.3. The van der Waals surface area contributed by atoms with Crippen molar-refractivity contribution in [2.45, 2.75) is 64.1 Å². The number of carbonyl (C=O) groups excluding carboxylic acids is 1. The Morgan fingerprint density at radius 1 is 1.14 bits per heavy atom. The first-order chi connectivity index (χ1) is 21.2. The number of allylic oxidation sites excluding steroid dienone is 2. The molecule has 2 aromatic rings. The second-order valence-corrected chi connectivity index (χ2v) is 14.5. The highest BCUT2D eigenvalue weighted by Crippen LogP contribution is 2.68. The molecule has 3 fully saturated rings. The van der Waals surface area contributed by atoms with Crippen molar-refractivity contribution in [3.8, 4) is 5.75 Å². The molecule has 8 heteroatoms. The fraction of sp³-hybridized carbons (Fsp3) is 0.528. The molecule has 0 amide bonds. The third kappa shape index (κ3) is 5.03. The maximum Gasteiger partial charge on any atom is 0.175 e. The summed E-state index contributed by atoms with van der Waals surface area (Å²) >= 11 is 1.44. The lowest BCUT2D eigenvalue weighted by Gasteiger charge is -2.61. The molecule has 0 heterocycles. The molecule has 6 rings (SSSR count). The number of Topliss-reactive ketones (excluding diaryl/α,β-unsaturated/α-hetero) is 1. The molecule has 7 nitrogen and oxygen atoms in total. The van der Waals surface area contributed by atoms with Crippen molar-refractivity contribution in [3.63, 3.8) is 0 Å². The van der Waals surface area contributed by atoms with Gasteiger partial charge >= 0.3 is 0 Å². The number of ketones is 1. The highest BCUT2D eigenvalue weighted by atomic mass is 32.2. The highest BCUT2D eigenvalue weighted by Gasteiger charge is 2.69. The number of aliphatic imine (C=N–C) groups is 1. The van der Waals surface area contributed by atoms with Gasteiger partial charge in [0.05, 0.1) is 23.2 Å². The van der Waals surface area contributed by atoms with Gasteiger partial charge in [0.1, 0.15) is 17.3 Å². The standard InChI is InChI=1S/C36H45N3O4S/c1-34-18-23(20-37)29(39-25-9-5-4-6-10-25)17-24(34)13-14-26-27-15-16-36(42-3,35(27,2)19-30(40)33(26)34)32(41)21-44-22-43-31-12-8-7-11-28(31)38/h4-12,17,20,23,26-27,30,33,37,40H,13-16,18-19,21-22,38H2,1-3H3. The average molecular weight is 616 g/mol. The Labute approximate surface area is 265 Å². The van der Waals surface area contributed by atoms with Gasteiger partial charge in [-0.15, -0.1) is 11.8 Å². The van der Waals surface area contributed by atoms with Crippen LogP contribution in [0, 0.1) is 39.9 Å². The molecule has 0 spiro atoms. The van der Waals surface area contributed by atoms with E-state index in [-0.39, 0.29) is 40.6 Å². The SMILES string of the molecule is COC1(C(=O)CSCOc2ccccc2N)CCC2C3CCC4=CC(=Nc5ccccc5)C(C=N)CC4(C)C3C(O)CC21C. The Morgan fingerprint density at radius 3 is 2.61 bits per heavy atom. The van der Waals surface area contributed by atoms with E-state index in [0.717, 1.165) is 37.1 Å². The maximum atomic E-state index is 14.0. The summed E-state index contributed by atoms with van der Waals surface area (Å²) in [5.74, 6) is 1.84. The van der Waals surface area contributed by atoms with E-state index in [1.807, 2.05) is 48.5 Å². The van der Waals surface area contributed by atoms with Gasteiger partial charge in [-0.1, -0.05) is 49.8 Å². The van der Waals surface area contributed by atoms with Crippen molar-refractivity contribution >= 4 is 40.8 Å². The normalized spacial score (nSPS) is 37.0. The summed E-state index contributed by atoms with van der Waals surface area (Å²) in [7, 11) is 1.67. The first kappa shape index (κ1) is 31.1. The second kappa shape index (κ2) is 12.1. The number of aliphatic hydroxyl groups is 1. The predicted octanol–water partition coefficient (Wildman–Crippen LogP) is 6.87. The fourth-order valence-corrected chi connectivity index (χ4v) is 10.3. The van der Waals surface area contributed by atoms with Crippen LogP contribution in [0.3, 0.4) is 0 Å². The number of thioether (sulfide) groups is 1. The number of nitrogens with one attached hydrogen (secondary N) is 1. The number of rotatable bonds is 9. The van der Waals surface area contributed by atoms with E-state index in [9.17, 15) is 9.90 Å². The predicted molar refractivity (Wildman–Crippen MR) is 178 cm³/mol. The van der Waals surface area contributed by atoms with Crippen molar-refractivity contribution in [1.82, 2.24) is 0 Å². The van der Waals surface area contributed by atoms with Crippen molar-refractivity contribution in [3.05, 3.63) is 66.2 Å². The van der Waals surface area contributed by atoms with Gasteiger partial charge in [-0.2, -0.15) is 0 Å². The molecule has 0 bridgehead atoms. The molecule has 4 N–H and O–H groups in total. The zero-order chi connectivity index (χ0) is 31.1. The first-order valence-corrected chi connectivity index (χ1v) is 17.0. The topological polar surface area (TPSA) is 118 Å². The summed E-state index contributed by atoms with van der Waals surface area (Å²) in [6, 6.07) is 17.3. The quantitative estimate of drug-likeness (QED) is 0.123. The number of nitrogens with zero attached hydrogens (tertiary/aromatic N) is 1. The largest absolute Gasteiger partial charge is 0.481 e. The molecular formula is C36H45N3O4S. The van der Waals surface area contributed by atoms with Crippen LogP contribution in [0.2, 0.25) is 0 Å². The van der Waals surface area contributed by atoms with Crippen LogP contribution in [0.4, 0.5) is 11.4 Å². The van der Waals surface area contributed by atoms with E-state index in [0.29, 0.717) is 30.2 Å². The van der Waals surface area contributed by atoms with E-state index in [1.165, 1.54) is 23.5 Å². The minimum absolute atomic E-state index is 0.0724. The van der Waals surface area contributed by atoms with E-state index >= 15 is 0 Å². The van der Waals surface area contributed by atoms with Crippen LogP contribution < -0.4 is 10.5 Å². The lowest BCUT2D eigenvalue weighted by atomic mass is 9.44. The molecule has 4 aliphatic carbocycles. The number of hydrogen-bond donors (Lipinski definition) is 3. The number of nitrogens with two attached hydrogens (primary N) is 1. The number of hydrogen-bond acceptors (Lipinski definition) is 8. The monoisotopic (exact) mass is 615 g/mol. The van der Waals surface area contributed by atoms with Crippen molar-refractivity contribution in [1.29, 1.82) is 5.41 Å². The second-order valence-electron chi connectivity index (χ2n) is 13.6. The van der Waals surface area contributed by atoms with Gasteiger partial charge in [0, 0.05) is 30.4 Å². The van der Waals surface area contributed by atoms with Gasteiger partial charge in [-0.05, 0) is 92.0 Å². The van der Waals surface area contributed by atoms with Crippen LogP contribution in [-0.4, -0.2) is 53.3 Å². The molecule has 8 atom stereocenters. The van der Waals surface area contributed by atoms with Crippen LogP contribution in [0.5, 0.6) is 5.75 Å². The molecule has 0 radical (unpaired) electrons. The molecule has 8 unspecified atom stereocenters. The van der Waals surface area contributed by atoms with Gasteiger partial charge in [0.2, 0.25) is 0 Å². The number of methoxy groups -OCH3 is 1. The van der Waals surface area contributed by atoms with Crippen LogP contribution in [-0.2, 0) is 9.53 Å². The van der Waals surface area contributed by atoms with Gasteiger partial charge in [0.15, 0.2) is 5.78 Å². The number of nitrogen functional groups attached to an aromatic ring is 1. The number of anilines is 1. The summed E-state index contributed by atoms with van der Waals surface area (Å²) in [4.78, 5) is 18.9. The minimum Gasteiger partial charge on any atom is -0.481 e. The Balaban J connectivity index is 1.22. The van der Waals surface area contributed by atoms with E-state index in [1.54, 1.807) is 13.2 Å². The summed E-state index contributed by atoms with van der Waals surface area (Å²) in [6.07, 6.45) is 8.00. The van der Waals surface area contributed by atoms with Crippen LogP contribution in [0.25, 0.3) is 0 Å². The van der Waals surface area contributed by atoms with Gasteiger partial charge in [-0.3, -0.25) is 9.79 Å². The number of fused-ring (bicyclic) bond motifs is 5. The number of benzene rings is 2. The lowest BCUT2D eigenvalue weighted by molar-refractivity contribution is -0.185. The molecule has 3 saturated carbocycles. The van der Waals surface area contributed by atoms with Crippen LogP contribution in [0.15, 0.2) is 71.2 Å². The van der Waals surface area contributed by atoms with Crippen molar-refractivity contribution < 1.29 is 19.4 Å². The highest BCUT2D eigenvalue weighted by molar-refractivity contribution is 7.99. The van der Waals surface area contributed by atoms with E-state index < -0.39 is 17.1 Å². The lowest BCUT2D eigenvalue weighted by Crippen LogP contribution is -2.62. The Kier molecular flexibility index (Phi) is 8.54. The van der Waals surface area contributed by atoms with Gasteiger partial charge in [0.25, 0.3) is 0 Å². The summed E-state index contributed by atoms with van der Waals surface area (Å²) in [6.45, 7) is 4.49. The molecule has 234 valence electrons. The molecule has 2 aromatic carbocycles. The van der Waals surface area contributed by atoms with Gasteiger partial charge in [-0.25, -0.2) is 0 Å². The maximum absolute atomic E-state index is 14.0. The number of ether oxygens (including phenoxy) is 2. The molecule has 0 aromatic heterocycles. The summed E-state index contributed by atoms with van der Waals surface area (Å²) in [5.41, 5.74) is 8.14. The van der Waals surface area contributed by atoms with Crippen LogP contribution in [0.1, 0.15) is 52.4 Å². The number of para-hydroxylation sites is 3. The first-order valence-electron chi connectivity index (χ1n) is 15.8. The minimum atomic E-state index is -0.932. The van der Waals surface area contributed by atoms with Gasteiger partial charge < -0.3 is 25.7 Å². The van der Waals surface area contributed by atoms with Crippen molar-refractivity contribution in [2.24, 2.45) is 39.5 Å². The third-order valence-corrected chi connectivity index (χ3v) is 12.4. The zero-order valence-corrected chi connectivity index (χ0v) is 26.8. The molecule has 0 saturated heterocycles. The third-order valence-electron chi connectivity index (χ3n) is 11.6. The molecule has 0 aliphatic heterocycles. The smallest absolute Gasteiger partial charge is 0.175 e. The number of carbonyl (C=O) groups is 1. The number of aliphatic hydroxyl groups excluding tert-OH is 1. The van der Waals surface area contributed by atoms with E-state index in [2.05, 4.69) is 19.9 Å². The Morgan fingerprint density at radius 2 is 1.89 bits per heavy atom. The Bertz CT molecular complexity index is 1460. The molecular weight excluding hydrogens is 570 g/mol. The zero-order valence-electron chi connectivity index (χ0n) is 26.0. The molecule has 4 aliphatic rings. The fourth-order valence-electron chi connectivity index (χ4n) is 9.60. The van der Waals surface area contributed by atoms with E-state index in [4.69, 9.17) is 25.6 Å². The van der Waals surface area contributed by atoms with Crippen molar-refractivity contribution in [2.75, 3.05) is 24.5 Å². The van der Waals surface area contributed by atoms with Crippen LogP contribution >= 0.6 is 11.8 Å². The Hall–Kier alpha value is -2.94. The summed E-state index contributed by atoms with van der Waals surface area (Å²) < 4.78 is 12.1. The average Bonchev–Trinajstić information content (AvgIpc) is 3.32. The molecule has 44 heavy (non-hydrogen) atoms.